The van der Waals surface area contributed by atoms with Gasteiger partial charge in [-0.1, -0.05) is 61.2 Å². The van der Waals surface area contributed by atoms with Gasteiger partial charge in [0.25, 0.3) is 5.91 Å². The van der Waals surface area contributed by atoms with E-state index in [2.05, 4.69) is 15.6 Å². The fourth-order valence-corrected chi connectivity index (χ4v) is 3.91. The maximum absolute atomic E-state index is 12.9. The third-order valence-corrected chi connectivity index (χ3v) is 5.30. The molecule has 1 saturated carbocycles. The molecule has 4 rings (SSSR count). The Balaban J connectivity index is 1.45. The highest BCUT2D eigenvalue weighted by molar-refractivity contribution is 6.06. The Morgan fingerprint density at radius 3 is 2.46 bits per heavy atom. The van der Waals surface area contributed by atoms with E-state index in [1.165, 1.54) is 4.90 Å². The molecular formula is C19H23N5O2. The van der Waals surface area contributed by atoms with Crippen molar-refractivity contribution in [2.24, 2.45) is 0 Å². The van der Waals surface area contributed by atoms with Crippen LogP contribution in [0.2, 0.25) is 0 Å². The third kappa shape index (κ3) is 3.21. The molecule has 0 atom stereocenters. The van der Waals surface area contributed by atoms with Gasteiger partial charge in [0.05, 0.1) is 19.3 Å². The van der Waals surface area contributed by atoms with Crippen LogP contribution in [-0.2, 0) is 17.9 Å². The molecule has 7 nitrogen and oxygen atoms in total. The van der Waals surface area contributed by atoms with Crippen molar-refractivity contribution in [3.05, 3.63) is 47.8 Å². The van der Waals surface area contributed by atoms with Crippen LogP contribution in [0.3, 0.4) is 0 Å². The van der Waals surface area contributed by atoms with E-state index in [0.29, 0.717) is 12.2 Å². The maximum atomic E-state index is 12.9. The largest absolute Gasteiger partial charge is 0.325 e. The van der Waals surface area contributed by atoms with Crippen molar-refractivity contribution in [2.75, 3.05) is 0 Å². The van der Waals surface area contributed by atoms with E-state index in [0.717, 1.165) is 44.1 Å². The molecule has 1 N–H and O–H groups in total. The molecule has 1 aromatic carbocycles. The average Bonchev–Trinajstić information content (AvgIpc) is 3.06. The van der Waals surface area contributed by atoms with Gasteiger partial charge in [-0.2, -0.15) is 0 Å². The first-order chi connectivity index (χ1) is 12.7. The maximum Gasteiger partial charge on any atom is 0.325 e. The van der Waals surface area contributed by atoms with E-state index in [-0.39, 0.29) is 18.5 Å². The van der Waals surface area contributed by atoms with Gasteiger partial charge in [0, 0.05) is 0 Å². The molecule has 0 unspecified atom stereocenters. The summed E-state index contributed by atoms with van der Waals surface area (Å²) in [5.41, 5.74) is 1.04. The van der Waals surface area contributed by atoms with Crippen molar-refractivity contribution in [3.63, 3.8) is 0 Å². The second kappa shape index (κ2) is 6.90. The van der Waals surface area contributed by atoms with Crippen LogP contribution in [0, 0.1) is 0 Å². The Hall–Kier alpha value is -2.70. The van der Waals surface area contributed by atoms with Crippen LogP contribution in [0.5, 0.6) is 0 Å². The highest BCUT2D eigenvalue weighted by atomic mass is 16.2. The first kappa shape index (κ1) is 16.8. The van der Waals surface area contributed by atoms with Crippen molar-refractivity contribution >= 4 is 11.9 Å². The number of hydrogen-bond donors (Lipinski definition) is 1. The Kier molecular flexibility index (Phi) is 4.44. The quantitative estimate of drug-likeness (QED) is 0.856. The Labute approximate surface area is 152 Å². The standard InChI is InChI=1S/C19H23N5O2/c25-17-19(10-6-1-2-7-11-19)20-18(26)24(17)14-16-13-23(22-21-16)12-15-8-4-3-5-9-15/h3-5,8-9,13H,1-2,6-7,10-12,14H2,(H,20,26). The molecule has 1 saturated heterocycles. The number of benzene rings is 1. The molecule has 2 aliphatic rings. The molecule has 1 aromatic heterocycles. The van der Waals surface area contributed by atoms with Crippen molar-refractivity contribution in [2.45, 2.75) is 57.2 Å². The Bertz CT molecular complexity index is 793. The van der Waals surface area contributed by atoms with E-state index in [4.69, 9.17) is 0 Å². The summed E-state index contributed by atoms with van der Waals surface area (Å²) in [5.74, 6) is -0.109. The molecular weight excluding hydrogens is 330 g/mol. The zero-order chi connectivity index (χ0) is 18.0. The van der Waals surface area contributed by atoms with Crippen LogP contribution < -0.4 is 5.32 Å². The minimum Gasteiger partial charge on any atom is -0.323 e. The molecule has 2 fully saturated rings. The fraction of sp³-hybridized carbons (Fsp3) is 0.474. The molecule has 0 radical (unpaired) electrons. The summed E-state index contributed by atoms with van der Waals surface area (Å²) in [6, 6.07) is 9.66. The molecule has 1 aliphatic carbocycles. The monoisotopic (exact) mass is 353 g/mol. The lowest BCUT2D eigenvalue weighted by atomic mass is 9.90. The first-order valence-electron chi connectivity index (χ1n) is 9.23. The SMILES string of the molecule is O=C1NC2(CCCCCC2)C(=O)N1Cc1cn(Cc2ccccc2)nn1. The van der Waals surface area contributed by atoms with Crippen molar-refractivity contribution < 1.29 is 9.59 Å². The molecule has 136 valence electrons. The number of hydrogen-bond acceptors (Lipinski definition) is 4. The van der Waals surface area contributed by atoms with E-state index >= 15 is 0 Å². The van der Waals surface area contributed by atoms with Gasteiger partial charge in [-0.3, -0.25) is 9.69 Å². The number of amides is 3. The zero-order valence-corrected chi connectivity index (χ0v) is 14.7. The van der Waals surface area contributed by atoms with Gasteiger partial charge in [-0.05, 0) is 18.4 Å². The van der Waals surface area contributed by atoms with E-state index in [1.807, 2.05) is 30.3 Å². The molecule has 7 heteroatoms. The summed E-state index contributed by atoms with van der Waals surface area (Å²) in [6.07, 6.45) is 7.47. The van der Waals surface area contributed by atoms with Gasteiger partial charge < -0.3 is 5.32 Å². The molecule has 2 heterocycles. The van der Waals surface area contributed by atoms with Crippen LogP contribution in [0.1, 0.15) is 49.8 Å². The summed E-state index contributed by atoms with van der Waals surface area (Å²) in [4.78, 5) is 26.6. The first-order valence-corrected chi connectivity index (χ1v) is 9.23. The second-order valence-electron chi connectivity index (χ2n) is 7.21. The molecule has 1 spiro atoms. The number of rotatable bonds is 4. The highest BCUT2D eigenvalue weighted by Crippen LogP contribution is 2.33. The lowest BCUT2D eigenvalue weighted by Crippen LogP contribution is -2.46. The molecule has 0 bridgehead atoms. The summed E-state index contributed by atoms with van der Waals surface area (Å²) in [5, 5.41) is 11.2. The van der Waals surface area contributed by atoms with Crippen molar-refractivity contribution in [3.8, 4) is 0 Å². The minimum absolute atomic E-state index is 0.109. The Morgan fingerprint density at radius 2 is 1.73 bits per heavy atom. The van der Waals surface area contributed by atoms with Gasteiger partial charge in [0.15, 0.2) is 0 Å². The molecule has 26 heavy (non-hydrogen) atoms. The van der Waals surface area contributed by atoms with Gasteiger partial charge in [0.2, 0.25) is 0 Å². The van der Waals surface area contributed by atoms with Gasteiger partial charge >= 0.3 is 6.03 Å². The van der Waals surface area contributed by atoms with Crippen molar-refractivity contribution in [1.82, 2.24) is 25.2 Å². The summed E-state index contributed by atoms with van der Waals surface area (Å²) < 4.78 is 1.73. The smallest absolute Gasteiger partial charge is 0.323 e. The number of nitrogens with zero attached hydrogens (tertiary/aromatic N) is 4. The molecule has 3 amide bonds. The highest BCUT2D eigenvalue weighted by Gasteiger charge is 2.50. The number of nitrogens with one attached hydrogen (secondary N) is 1. The van der Waals surface area contributed by atoms with Gasteiger partial charge in [-0.25, -0.2) is 9.48 Å². The van der Waals surface area contributed by atoms with Crippen LogP contribution in [0.15, 0.2) is 36.5 Å². The Morgan fingerprint density at radius 1 is 1.00 bits per heavy atom. The van der Waals surface area contributed by atoms with Crippen LogP contribution in [-0.4, -0.2) is 37.4 Å². The van der Waals surface area contributed by atoms with Crippen LogP contribution in [0.4, 0.5) is 4.79 Å². The number of carbonyl (C=O) groups is 2. The second-order valence-corrected chi connectivity index (χ2v) is 7.21. The topological polar surface area (TPSA) is 80.1 Å². The summed E-state index contributed by atoms with van der Waals surface area (Å²) in [6.45, 7) is 0.777. The van der Waals surface area contributed by atoms with E-state index in [9.17, 15) is 9.59 Å². The van der Waals surface area contributed by atoms with Crippen LogP contribution in [0.25, 0.3) is 0 Å². The molecule has 2 aromatic rings. The van der Waals surface area contributed by atoms with Gasteiger partial charge in [0.1, 0.15) is 11.2 Å². The predicted molar refractivity (Wildman–Crippen MR) is 95.1 cm³/mol. The van der Waals surface area contributed by atoms with E-state index in [1.54, 1.807) is 10.9 Å². The zero-order valence-electron chi connectivity index (χ0n) is 14.7. The number of urea groups is 1. The average molecular weight is 353 g/mol. The summed E-state index contributed by atoms with van der Waals surface area (Å²) >= 11 is 0. The lowest BCUT2D eigenvalue weighted by molar-refractivity contribution is -0.132. The number of aromatic nitrogens is 3. The molecule has 1 aliphatic heterocycles. The predicted octanol–water partition coefficient (Wildman–Crippen LogP) is 2.47. The fourth-order valence-electron chi connectivity index (χ4n) is 3.91. The van der Waals surface area contributed by atoms with E-state index < -0.39 is 5.54 Å². The van der Waals surface area contributed by atoms with Crippen LogP contribution >= 0.6 is 0 Å². The summed E-state index contributed by atoms with van der Waals surface area (Å²) in [7, 11) is 0. The third-order valence-electron chi connectivity index (χ3n) is 5.30. The lowest BCUT2D eigenvalue weighted by Gasteiger charge is -2.24. The number of imide groups is 1. The number of carbonyl (C=O) groups excluding carboxylic acids is 2. The van der Waals surface area contributed by atoms with Gasteiger partial charge in [-0.15, -0.1) is 5.10 Å². The minimum atomic E-state index is -0.701. The normalized spacial score (nSPS) is 19.6. The van der Waals surface area contributed by atoms with Crippen molar-refractivity contribution in [1.29, 1.82) is 0 Å².